The summed E-state index contributed by atoms with van der Waals surface area (Å²) in [6.07, 6.45) is 0. The van der Waals surface area contributed by atoms with Crippen LogP contribution in [0.15, 0.2) is 39.7 Å². The van der Waals surface area contributed by atoms with Gasteiger partial charge < -0.3 is 9.64 Å². The van der Waals surface area contributed by atoms with Crippen LogP contribution in [-0.4, -0.2) is 27.5 Å². The molecule has 2 aromatic carbocycles. The first-order valence-electron chi connectivity index (χ1n) is 7.72. The molecule has 1 heterocycles. The van der Waals surface area contributed by atoms with E-state index in [2.05, 4.69) is 20.7 Å². The second-order valence-electron chi connectivity index (χ2n) is 5.84. The van der Waals surface area contributed by atoms with E-state index in [-0.39, 0.29) is 22.4 Å². The minimum Gasteiger partial charge on any atom is -0.489 e. The molecule has 9 heteroatoms. The number of nitrogens with zero attached hydrogens (tertiary/aromatic N) is 1. The zero-order chi connectivity index (χ0) is 19.1. The summed E-state index contributed by atoms with van der Waals surface area (Å²) in [4.78, 5) is 13.1. The van der Waals surface area contributed by atoms with Gasteiger partial charge in [0.25, 0.3) is 10.0 Å². The molecule has 138 valence electrons. The quantitative estimate of drug-likeness (QED) is 0.754. The lowest BCUT2D eigenvalue weighted by Gasteiger charge is -2.29. The zero-order valence-electron chi connectivity index (χ0n) is 14.0. The molecule has 0 atom stereocenters. The molecule has 0 aromatic heterocycles. The normalized spacial score (nSPS) is 13.8. The number of benzene rings is 2. The predicted molar refractivity (Wildman–Crippen MR) is 105 cm³/mol. The summed E-state index contributed by atoms with van der Waals surface area (Å²) in [7, 11) is -3.93. The highest BCUT2D eigenvalue weighted by Crippen LogP contribution is 2.38. The maximum Gasteiger partial charge on any atom is 0.263 e. The van der Waals surface area contributed by atoms with E-state index in [1.165, 1.54) is 24.0 Å². The lowest BCUT2D eigenvalue weighted by molar-refractivity contribution is -0.116. The number of aryl methyl sites for hydroxylation is 1. The van der Waals surface area contributed by atoms with E-state index in [1.54, 1.807) is 18.2 Å². The summed E-state index contributed by atoms with van der Waals surface area (Å²) >= 11 is 9.60. The number of ether oxygens (including phenoxy) is 1. The maximum atomic E-state index is 12.8. The van der Waals surface area contributed by atoms with Gasteiger partial charge in [-0.2, -0.15) is 0 Å². The molecule has 26 heavy (non-hydrogen) atoms. The molecule has 0 saturated carbocycles. The van der Waals surface area contributed by atoms with Crippen molar-refractivity contribution in [2.75, 3.05) is 22.8 Å². The van der Waals surface area contributed by atoms with Gasteiger partial charge in [0, 0.05) is 23.2 Å². The monoisotopic (exact) mass is 458 g/mol. The Morgan fingerprint density at radius 2 is 2.04 bits per heavy atom. The summed E-state index contributed by atoms with van der Waals surface area (Å²) in [6.45, 7) is 3.97. The number of carbonyl (C=O) groups is 1. The molecule has 0 unspecified atom stereocenters. The first-order chi connectivity index (χ1) is 12.2. The van der Waals surface area contributed by atoms with Gasteiger partial charge in [-0.05, 0) is 36.8 Å². The molecule has 2 aromatic rings. The Hall–Kier alpha value is -1.77. The van der Waals surface area contributed by atoms with Crippen LogP contribution < -0.4 is 14.4 Å². The number of sulfonamides is 1. The van der Waals surface area contributed by atoms with Crippen LogP contribution >= 0.6 is 27.5 Å². The van der Waals surface area contributed by atoms with Gasteiger partial charge in [-0.15, -0.1) is 0 Å². The zero-order valence-corrected chi connectivity index (χ0v) is 17.2. The van der Waals surface area contributed by atoms with Crippen LogP contribution in [0, 0.1) is 6.92 Å². The van der Waals surface area contributed by atoms with Crippen LogP contribution in [0.25, 0.3) is 0 Å². The molecule has 1 amide bonds. The average Bonchev–Trinajstić information content (AvgIpc) is 2.56. The van der Waals surface area contributed by atoms with Crippen LogP contribution in [0.2, 0.25) is 5.02 Å². The fourth-order valence-corrected chi connectivity index (χ4v) is 4.50. The van der Waals surface area contributed by atoms with Crippen molar-refractivity contribution in [3.63, 3.8) is 0 Å². The van der Waals surface area contributed by atoms with Gasteiger partial charge >= 0.3 is 0 Å². The minimum atomic E-state index is -3.93. The molecule has 0 fully saturated rings. The van der Waals surface area contributed by atoms with Crippen molar-refractivity contribution in [3.05, 3.63) is 45.4 Å². The Balaban J connectivity index is 2.00. The van der Waals surface area contributed by atoms with Gasteiger partial charge in [0.05, 0.1) is 17.3 Å². The standard InChI is InChI=1S/C17H16BrClN2O4S/c1-10-7-12(3-4-13(10)18)20-26(23,24)17-9-16-15(8-14(17)19)21(11(2)22)5-6-25-16/h3-4,7-9,20H,5-6H2,1-2H3. The third-order valence-corrected chi connectivity index (χ3v) is 6.69. The first kappa shape index (κ1) is 19.0. The Labute approximate surface area is 165 Å². The summed E-state index contributed by atoms with van der Waals surface area (Å²) in [6, 6.07) is 7.91. The molecule has 0 bridgehead atoms. The smallest absolute Gasteiger partial charge is 0.263 e. The van der Waals surface area contributed by atoms with Crippen molar-refractivity contribution in [1.82, 2.24) is 0 Å². The van der Waals surface area contributed by atoms with Crippen LogP contribution in [0.3, 0.4) is 0 Å². The van der Waals surface area contributed by atoms with E-state index in [0.29, 0.717) is 23.7 Å². The van der Waals surface area contributed by atoms with Gasteiger partial charge in [0.2, 0.25) is 5.91 Å². The Bertz CT molecular complexity index is 994. The lowest BCUT2D eigenvalue weighted by atomic mass is 10.2. The van der Waals surface area contributed by atoms with Gasteiger partial charge in [0.15, 0.2) is 0 Å². The van der Waals surface area contributed by atoms with Crippen LogP contribution in [0.1, 0.15) is 12.5 Å². The van der Waals surface area contributed by atoms with Gasteiger partial charge in [0.1, 0.15) is 17.3 Å². The molecular weight excluding hydrogens is 444 g/mol. The third-order valence-electron chi connectivity index (χ3n) is 3.96. The number of anilines is 2. The van der Waals surface area contributed by atoms with Crippen molar-refractivity contribution in [2.45, 2.75) is 18.7 Å². The Morgan fingerprint density at radius 1 is 1.31 bits per heavy atom. The van der Waals surface area contributed by atoms with Crippen molar-refractivity contribution in [3.8, 4) is 5.75 Å². The largest absolute Gasteiger partial charge is 0.489 e. The van der Waals surface area contributed by atoms with Crippen molar-refractivity contribution in [2.24, 2.45) is 0 Å². The summed E-state index contributed by atoms with van der Waals surface area (Å²) in [5.41, 5.74) is 1.78. The van der Waals surface area contributed by atoms with Gasteiger partial charge in [-0.1, -0.05) is 27.5 Å². The number of hydrogen-bond donors (Lipinski definition) is 1. The Morgan fingerprint density at radius 3 is 2.69 bits per heavy atom. The lowest BCUT2D eigenvalue weighted by Crippen LogP contribution is -2.36. The number of halogens is 2. The van der Waals surface area contributed by atoms with Crippen molar-refractivity contribution in [1.29, 1.82) is 0 Å². The van der Waals surface area contributed by atoms with E-state index < -0.39 is 10.0 Å². The SMILES string of the molecule is CC(=O)N1CCOc2cc(S(=O)(=O)Nc3ccc(Br)c(C)c3)c(Cl)cc21. The fourth-order valence-electron chi connectivity index (χ4n) is 2.67. The highest BCUT2D eigenvalue weighted by molar-refractivity contribution is 9.10. The molecule has 3 rings (SSSR count). The van der Waals surface area contributed by atoms with Crippen molar-refractivity contribution >= 4 is 54.8 Å². The Kier molecular flexibility index (Phi) is 5.18. The van der Waals surface area contributed by atoms with Gasteiger partial charge in [-0.25, -0.2) is 8.42 Å². The van der Waals surface area contributed by atoms with E-state index in [0.717, 1.165) is 10.0 Å². The number of carbonyl (C=O) groups excluding carboxylic acids is 1. The van der Waals surface area contributed by atoms with E-state index in [9.17, 15) is 13.2 Å². The second kappa shape index (κ2) is 7.09. The highest BCUT2D eigenvalue weighted by Gasteiger charge is 2.27. The predicted octanol–water partition coefficient (Wildman–Crippen LogP) is 3.96. The number of hydrogen-bond acceptors (Lipinski definition) is 4. The fraction of sp³-hybridized carbons (Fsp3) is 0.235. The van der Waals surface area contributed by atoms with E-state index >= 15 is 0 Å². The average molecular weight is 460 g/mol. The number of rotatable bonds is 3. The van der Waals surface area contributed by atoms with Crippen LogP contribution in [-0.2, 0) is 14.8 Å². The first-order valence-corrected chi connectivity index (χ1v) is 10.4. The van der Waals surface area contributed by atoms with Crippen LogP contribution in [0.4, 0.5) is 11.4 Å². The maximum absolute atomic E-state index is 12.8. The molecule has 1 N–H and O–H groups in total. The molecule has 0 spiro atoms. The number of fused-ring (bicyclic) bond motifs is 1. The number of amides is 1. The molecule has 0 aliphatic carbocycles. The molecule has 1 aliphatic heterocycles. The molecule has 6 nitrogen and oxygen atoms in total. The van der Waals surface area contributed by atoms with Gasteiger partial charge in [-0.3, -0.25) is 9.52 Å². The van der Waals surface area contributed by atoms with E-state index in [1.807, 2.05) is 6.92 Å². The summed E-state index contributed by atoms with van der Waals surface area (Å²) in [5, 5.41) is 0.0156. The second-order valence-corrected chi connectivity index (χ2v) is 8.75. The van der Waals surface area contributed by atoms with Crippen LogP contribution in [0.5, 0.6) is 5.75 Å². The molecule has 0 saturated heterocycles. The third kappa shape index (κ3) is 3.67. The highest BCUT2D eigenvalue weighted by atomic mass is 79.9. The minimum absolute atomic E-state index is 0.0156. The summed E-state index contributed by atoms with van der Waals surface area (Å²) < 4.78 is 34.5. The summed E-state index contributed by atoms with van der Waals surface area (Å²) in [5.74, 6) is 0.146. The molecular formula is C17H16BrClN2O4S. The topological polar surface area (TPSA) is 75.7 Å². The van der Waals surface area contributed by atoms with Crippen molar-refractivity contribution < 1.29 is 17.9 Å². The number of nitrogens with one attached hydrogen (secondary N) is 1. The molecule has 1 aliphatic rings. The van der Waals surface area contributed by atoms with E-state index in [4.69, 9.17) is 16.3 Å². The molecule has 0 radical (unpaired) electrons.